The first-order chi connectivity index (χ1) is 8.18. The van der Waals surface area contributed by atoms with Gasteiger partial charge < -0.3 is 5.73 Å². The molecule has 1 fully saturated rings. The lowest BCUT2D eigenvalue weighted by atomic mass is 9.70. The number of nitrogens with two attached hydrogens (primary N) is 1. The molecular formula is C13H18BrNOS. The van der Waals surface area contributed by atoms with Crippen molar-refractivity contribution in [3.05, 3.63) is 20.8 Å². The van der Waals surface area contributed by atoms with Crippen LogP contribution in [0.5, 0.6) is 0 Å². The lowest BCUT2D eigenvalue weighted by Gasteiger charge is -2.34. The SMILES string of the molecule is NCC1(C(=O)Cc2sccc2Br)CCCCC1. The molecule has 0 aliphatic heterocycles. The van der Waals surface area contributed by atoms with Crippen LogP contribution in [0, 0.1) is 5.41 Å². The number of hydrogen-bond acceptors (Lipinski definition) is 3. The highest BCUT2D eigenvalue weighted by molar-refractivity contribution is 9.10. The summed E-state index contributed by atoms with van der Waals surface area (Å²) in [7, 11) is 0. The van der Waals surface area contributed by atoms with Gasteiger partial charge in [-0.2, -0.15) is 0 Å². The summed E-state index contributed by atoms with van der Waals surface area (Å²) in [6, 6.07) is 2.00. The molecule has 4 heteroatoms. The minimum atomic E-state index is -0.234. The zero-order chi connectivity index (χ0) is 12.3. The van der Waals surface area contributed by atoms with Crippen molar-refractivity contribution in [1.82, 2.24) is 0 Å². The quantitative estimate of drug-likeness (QED) is 0.923. The molecule has 17 heavy (non-hydrogen) atoms. The van der Waals surface area contributed by atoms with Crippen LogP contribution in [-0.2, 0) is 11.2 Å². The van der Waals surface area contributed by atoms with Crippen LogP contribution in [-0.4, -0.2) is 12.3 Å². The monoisotopic (exact) mass is 315 g/mol. The van der Waals surface area contributed by atoms with Gasteiger partial charge in [-0.15, -0.1) is 11.3 Å². The van der Waals surface area contributed by atoms with E-state index in [-0.39, 0.29) is 5.41 Å². The Balaban J connectivity index is 2.10. The second kappa shape index (κ2) is 5.63. The fourth-order valence-electron chi connectivity index (χ4n) is 2.61. The number of carbonyl (C=O) groups excluding carboxylic acids is 1. The minimum absolute atomic E-state index is 0.234. The van der Waals surface area contributed by atoms with Gasteiger partial charge in [-0.05, 0) is 40.2 Å². The van der Waals surface area contributed by atoms with E-state index in [0.29, 0.717) is 18.7 Å². The zero-order valence-electron chi connectivity index (χ0n) is 9.88. The molecule has 0 radical (unpaired) electrons. The van der Waals surface area contributed by atoms with E-state index < -0.39 is 0 Å². The van der Waals surface area contributed by atoms with Gasteiger partial charge in [0.1, 0.15) is 5.78 Å². The van der Waals surface area contributed by atoms with Gasteiger partial charge in [0.05, 0.1) is 0 Å². The van der Waals surface area contributed by atoms with Gasteiger partial charge in [-0.1, -0.05) is 19.3 Å². The van der Waals surface area contributed by atoms with Gasteiger partial charge in [-0.25, -0.2) is 0 Å². The summed E-state index contributed by atoms with van der Waals surface area (Å²) in [6.07, 6.45) is 6.03. The molecule has 1 heterocycles. The first-order valence-electron chi connectivity index (χ1n) is 6.13. The van der Waals surface area contributed by atoms with Gasteiger partial charge in [-0.3, -0.25) is 4.79 Å². The predicted octanol–water partition coefficient (Wildman–Crippen LogP) is 3.53. The predicted molar refractivity (Wildman–Crippen MR) is 75.3 cm³/mol. The number of rotatable bonds is 4. The van der Waals surface area contributed by atoms with Crippen LogP contribution in [0.2, 0.25) is 0 Å². The van der Waals surface area contributed by atoms with E-state index in [1.165, 1.54) is 6.42 Å². The molecule has 0 atom stereocenters. The maximum atomic E-state index is 12.5. The normalized spacial score (nSPS) is 19.2. The third-order valence-corrected chi connectivity index (χ3v) is 5.73. The first-order valence-corrected chi connectivity index (χ1v) is 7.80. The van der Waals surface area contributed by atoms with Gasteiger partial charge in [0.15, 0.2) is 0 Å². The molecule has 2 nitrogen and oxygen atoms in total. The lowest BCUT2D eigenvalue weighted by molar-refractivity contribution is -0.129. The Hall–Kier alpha value is -0.190. The summed E-state index contributed by atoms with van der Waals surface area (Å²) < 4.78 is 1.05. The highest BCUT2D eigenvalue weighted by Gasteiger charge is 2.37. The summed E-state index contributed by atoms with van der Waals surface area (Å²) in [5.74, 6) is 0.336. The van der Waals surface area contributed by atoms with Crippen LogP contribution in [0.1, 0.15) is 37.0 Å². The van der Waals surface area contributed by atoms with E-state index in [2.05, 4.69) is 15.9 Å². The van der Waals surface area contributed by atoms with E-state index in [9.17, 15) is 4.79 Å². The Kier molecular flexibility index (Phi) is 4.39. The Bertz CT molecular complexity index is 396. The van der Waals surface area contributed by atoms with Crippen LogP contribution in [0.4, 0.5) is 0 Å². The topological polar surface area (TPSA) is 43.1 Å². The molecule has 0 unspecified atom stereocenters. The van der Waals surface area contributed by atoms with E-state index >= 15 is 0 Å². The highest BCUT2D eigenvalue weighted by Crippen LogP contribution is 2.38. The van der Waals surface area contributed by atoms with Gasteiger partial charge in [0.25, 0.3) is 0 Å². The van der Waals surface area contributed by atoms with E-state index in [1.54, 1.807) is 11.3 Å². The molecule has 94 valence electrons. The molecule has 1 aromatic heterocycles. The van der Waals surface area contributed by atoms with Gasteiger partial charge in [0, 0.05) is 27.7 Å². The van der Waals surface area contributed by atoms with Crippen LogP contribution >= 0.6 is 27.3 Å². The standard InChI is InChI=1S/C13H18BrNOS/c14-10-4-7-17-11(10)8-12(16)13(9-15)5-2-1-3-6-13/h4,7H,1-3,5-6,8-9,15H2. The molecule has 2 rings (SSSR count). The van der Waals surface area contributed by atoms with Crippen LogP contribution in [0.3, 0.4) is 0 Å². The Morgan fingerprint density at radius 3 is 2.65 bits per heavy atom. The zero-order valence-corrected chi connectivity index (χ0v) is 12.3. The molecule has 1 aromatic rings. The van der Waals surface area contributed by atoms with Crippen LogP contribution in [0.15, 0.2) is 15.9 Å². The molecule has 0 aromatic carbocycles. The number of Topliss-reactive ketones (excluding diaryl/α,β-unsaturated/α-hetero) is 1. The summed E-state index contributed by atoms with van der Waals surface area (Å²) in [5, 5.41) is 2.02. The second-order valence-electron chi connectivity index (χ2n) is 4.84. The van der Waals surface area contributed by atoms with Crippen molar-refractivity contribution in [2.75, 3.05) is 6.54 Å². The Morgan fingerprint density at radius 1 is 1.41 bits per heavy atom. The molecule has 1 aliphatic carbocycles. The van der Waals surface area contributed by atoms with E-state index in [1.807, 2.05) is 11.4 Å². The molecule has 1 saturated carbocycles. The summed E-state index contributed by atoms with van der Waals surface area (Å²) in [5.41, 5.74) is 5.64. The fraction of sp³-hybridized carbons (Fsp3) is 0.615. The number of carbonyl (C=O) groups is 1. The van der Waals surface area contributed by atoms with Crippen molar-refractivity contribution in [3.63, 3.8) is 0 Å². The molecule has 0 spiro atoms. The van der Waals surface area contributed by atoms with Crippen LogP contribution in [0.25, 0.3) is 0 Å². The number of hydrogen-bond donors (Lipinski definition) is 1. The average Bonchev–Trinajstić information content (AvgIpc) is 2.76. The van der Waals surface area contributed by atoms with Crippen molar-refractivity contribution in [2.45, 2.75) is 38.5 Å². The third-order valence-electron chi connectivity index (χ3n) is 3.81. The number of halogens is 1. The Labute approximate surface area is 115 Å². The third kappa shape index (κ3) is 2.80. The van der Waals surface area contributed by atoms with Gasteiger partial charge in [0.2, 0.25) is 0 Å². The van der Waals surface area contributed by atoms with Crippen LogP contribution < -0.4 is 5.73 Å². The molecular weight excluding hydrogens is 298 g/mol. The largest absolute Gasteiger partial charge is 0.329 e. The van der Waals surface area contributed by atoms with Gasteiger partial charge >= 0.3 is 0 Å². The van der Waals surface area contributed by atoms with Crippen molar-refractivity contribution >= 4 is 33.0 Å². The molecule has 0 bridgehead atoms. The first kappa shape index (κ1) is 13.2. The molecule has 1 aliphatic rings. The van der Waals surface area contributed by atoms with Crippen molar-refractivity contribution in [3.8, 4) is 0 Å². The minimum Gasteiger partial charge on any atom is -0.329 e. The molecule has 2 N–H and O–H groups in total. The summed E-state index contributed by atoms with van der Waals surface area (Å²) in [6.45, 7) is 0.509. The average molecular weight is 316 g/mol. The number of thiophene rings is 1. The lowest BCUT2D eigenvalue weighted by Crippen LogP contribution is -2.41. The van der Waals surface area contributed by atoms with Crippen molar-refractivity contribution in [1.29, 1.82) is 0 Å². The van der Waals surface area contributed by atoms with E-state index in [0.717, 1.165) is 35.0 Å². The maximum absolute atomic E-state index is 12.5. The van der Waals surface area contributed by atoms with Crippen molar-refractivity contribution in [2.24, 2.45) is 11.1 Å². The smallest absolute Gasteiger partial charge is 0.145 e. The number of ketones is 1. The van der Waals surface area contributed by atoms with Crippen molar-refractivity contribution < 1.29 is 4.79 Å². The fourth-order valence-corrected chi connectivity index (χ4v) is 4.10. The van der Waals surface area contributed by atoms with E-state index in [4.69, 9.17) is 5.73 Å². The molecule has 0 saturated heterocycles. The Morgan fingerprint density at radius 2 is 2.12 bits per heavy atom. The summed E-state index contributed by atoms with van der Waals surface area (Å²) in [4.78, 5) is 13.6. The highest BCUT2D eigenvalue weighted by atomic mass is 79.9. The second-order valence-corrected chi connectivity index (χ2v) is 6.69. The summed E-state index contributed by atoms with van der Waals surface area (Å²) >= 11 is 5.13. The maximum Gasteiger partial charge on any atom is 0.145 e. The molecule has 0 amide bonds.